The van der Waals surface area contributed by atoms with Gasteiger partial charge in [0.2, 0.25) is 0 Å². The van der Waals surface area contributed by atoms with Crippen LogP contribution >= 0.6 is 23.7 Å². The summed E-state index contributed by atoms with van der Waals surface area (Å²) in [6, 6.07) is 1.94. The molecular weight excluding hydrogens is 210 g/mol. The number of nitrogens with zero attached hydrogens (tertiary/aromatic N) is 1. The minimum Gasteiger partial charge on any atom is -0.366 e. The van der Waals surface area contributed by atoms with Gasteiger partial charge in [0.15, 0.2) is 6.17 Å². The lowest BCUT2D eigenvalue weighted by Crippen LogP contribution is -2.35. The standard InChI is InChI=1S/C7H7N3OS.ClH/c8-5(11)6-9-3-4-1-2-12-7(4)10-6;/h1-3,6,10H,(H2,8,11);1H. The second-order valence-electron chi connectivity index (χ2n) is 2.43. The number of nitrogens with one attached hydrogen (secondary N) is 1. The number of anilines is 1. The second-order valence-corrected chi connectivity index (χ2v) is 3.35. The Kier molecular flexibility index (Phi) is 2.90. The Labute approximate surface area is 85.3 Å². The lowest BCUT2D eigenvalue weighted by atomic mass is 10.3. The van der Waals surface area contributed by atoms with Gasteiger partial charge in [0.05, 0.1) is 5.00 Å². The van der Waals surface area contributed by atoms with Gasteiger partial charge in [-0.25, -0.2) is 0 Å². The highest BCUT2D eigenvalue weighted by Gasteiger charge is 2.18. The van der Waals surface area contributed by atoms with Crippen molar-refractivity contribution in [2.24, 2.45) is 10.7 Å². The Morgan fingerprint density at radius 2 is 2.46 bits per heavy atom. The maximum atomic E-state index is 10.7. The molecule has 6 heteroatoms. The number of hydrogen-bond donors (Lipinski definition) is 2. The smallest absolute Gasteiger partial charge is 0.262 e. The molecule has 1 atom stereocenters. The average molecular weight is 218 g/mol. The number of primary amides is 1. The molecule has 0 bridgehead atoms. The van der Waals surface area contributed by atoms with Gasteiger partial charge in [-0.3, -0.25) is 9.79 Å². The van der Waals surface area contributed by atoms with Gasteiger partial charge >= 0.3 is 0 Å². The van der Waals surface area contributed by atoms with E-state index in [4.69, 9.17) is 5.73 Å². The summed E-state index contributed by atoms with van der Waals surface area (Å²) >= 11 is 1.54. The lowest BCUT2D eigenvalue weighted by Gasteiger charge is -2.15. The van der Waals surface area contributed by atoms with E-state index < -0.39 is 12.1 Å². The third-order valence-corrected chi connectivity index (χ3v) is 2.46. The van der Waals surface area contributed by atoms with E-state index in [9.17, 15) is 4.79 Å². The van der Waals surface area contributed by atoms with Crippen molar-refractivity contribution in [3.8, 4) is 0 Å². The molecule has 2 heterocycles. The first kappa shape index (κ1) is 10.0. The second kappa shape index (κ2) is 3.76. The predicted octanol–water partition coefficient (Wildman–Crippen LogP) is 0.826. The maximum absolute atomic E-state index is 10.7. The van der Waals surface area contributed by atoms with E-state index >= 15 is 0 Å². The summed E-state index contributed by atoms with van der Waals surface area (Å²) in [6.07, 6.45) is 1.06. The average Bonchev–Trinajstić information content (AvgIpc) is 2.49. The molecule has 4 nitrogen and oxygen atoms in total. The highest BCUT2D eigenvalue weighted by molar-refractivity contribution is 7.14. The number of carbonyl (C=O) groups excluding carboxylic acids is 1. The van der Waals surface area contributed by atoms with Crippen molar-refractivity contribution in [3.05, 3.63) is 17.0 Å². The van der Waals surface area contributed by atoms with Crippen LogP contribution in [0.15, 0.2) is 16.4 Å². The normalized spacial score (nSPS) is 18.3. The van der Waals surface area contributed by atoms with Gasteiger partial charge in [-0.05, 0) is 11.4 Å². The van der Waals surface area contributed by atoms with E-state index in [0.717, 1.165) is 10.6 Å². The molecule has 0 fully saturated rings. The molecule has 1 aliphatic rings. The Balaban J connectivity index is 0.000000845. The third kappa shape index (κ3) is 1.81. The van der Waals surface area contributed by atoms with Crippen LogP contribution in [0.5, 0.6) is 0 Å². The van der Waals surface area contributed by atoms with E-state index in [1.807, 2.05) is 11.4 Å². The molecule has 70 valence electrons. The quantitative estimate of drug-likeness (QED) is 0.732. The molecule has 13 heavy (non-hydrogen) atoms. The molecule has 1 unspecified atom stereocenters. The first-order chi connectivity index (χ1) is 5.77. The molecule has 0 spiro atoms. The summed E-state index contributed by atoms with van der Waals surface area (Å²) in [4.78, 5) is 14.7. The van der Waals surface area contributed by atoms with Crippen LogP contribution in [0.4, 0.5) is 5.00 Å². The van der Waals surface area contributed by atoms with E-state index in [2.05, 4.69) is 10.3 Å². The lowest BCUT2D eigenvalue weighted by molar-refractivity contribution is -0.118. The predicted molar refractivity (Wildman–Crippen MR) is 55.8 cm³/mol. The first-order valence-electron chi connectivity index (χ1n) is 3.44. The number of hydrogen-bond acceptors (Lipinski definition) is 4. The van der Waals surface area contributed by atoms with Crippen molar-refractivity contribution >= 4 is 40.9 Å². The van der Waals surface area contributed by atoms with E-state index in [-0.39, 0.29) is 12.4 Å². The number of aliphatic imine (C=N–C) groups is 1. The van der Waals surface area contributed by atoms with Gasteiger partial charge in [-0.15, -0.1) is 23.7 Å². The van der Waals surface area contributed by atoms with Gasteiger partial charge in [-0.1, -0.05) is 0 Å². The summed E-state index contributed by atoms with van der Waals surface area (Å²) in [7, 11) is 0. The van der Waals surface area contributed by atoms with Crippen LogP contribution < -0.4 is 11.1 Å². The zero-order chi connectivity index (χ0) is 8.55. The zero-order valence-electron chi connectivity index (χ0n) is 6.56. The first-order valence-corrected chi connectivity index (χ1v) is 4.32. The molecule has 0 saturated heterocycles. The number of fused-ring (bicyclic) bond motifs is 1. The van der Waals surface area contributed by atoms with Crippen LogP contribution in [0.25, 0.3) is 0 Å². The molecule has 0 saturated carbocycles. The topological polar surface area (TPSA) is 67.5 Å². The largest absolute Gasteiger partial charge is 0.366 e. The van der Waals surface area contributed by atoms with Gasteiger partial charge in [0.1, 0.15) is 0 Å². The van der Waals surface area contributed by atoms with Gasteiger partial charge in [0, 0.05) is 11.8 Å². The third-order valence-electron chi connectivity index (χ3n) is 1.60. The minimum atomic E-state index is -0.601. The van der Waals surface area contributed by atoms with E-state index in [0.29, 0.717) is 0 Å². The highest BCUT2D eigenvalue weighted by atomic mass is 35.5. The van der Waals surface area contributed by atoms with Crippen molar-refractivity contribution in [3.63, 3.8) is 0 Å². The van der Waals surface area contributed by atoms with Gasteiger partial charge < -0.3 is 11.1 Å². The number of halogens is 1. The fraction of sp³-hybridized carbons (Fsp3) is 0.143. The Hall–Kier alpha value is -1.07. The van der Waals surface area contributed by atoms with Crippen LogP contribution in [0.1, 0.15) is 5.56 Å². The Bertz CT molecular complexity index is 349. The van der Waals surface area contributed by atoms with Crippen molar-refractivity contribution < 1.29 is 4.79 Å². The Morgan fingerprint density at radius 1 is 1.69 bits per heavy atom. The van der Waals surface area contributed by atoms with Crippen molar-refractivity contribution in [2.75, 3.05) is 5.32 Å². The van der Waals surface area contributed by atoms with Crippen LogP contribution in [0.3, 0.4) is 0 Å². The number of nitrogens with two attached hydrogens (primary N) is 1. The molecule has 0 aromatic carbocycles. The molecule has 0 radical (unpaired) electrons. The summed E-state index contributed by atoms with van der Waals surface area (Å²) in [6.45, 7) is 0. The van der Waals surface area contributed by atoms with Crippen molar-refractivity contribution in [1.29, 1.82) is 0 Å². The van der Waals surface area contributed by atoms with Gasteiger partial charge in [0.25, 0.3) is 5.91 Å². The molecule has 1 aromatic rings. The monoisotopic (exact) mass is 217 g/mol. The summed E-state index contributed by atoms with van der Waals surface area (Å²) in [5.41, 5.74) is 6.09. The number of amides is 1. The molecule has 0 aliphatic carbocycles. The fourth-order valence-electron chi connectivity index (χ4n) is 0.999. The number of rotatable bonds is 1. The van der Waals surface area contributed by atoms with E-state index in [1.54, 1.807) is 6.21 Å². The Morgan fingerprint density at radius 3 is 3.15 bits per heavy atom. The van der Waals surface area contributed by atoms with Crippen molar-refractivity contribution in [1.82, 2.24) is 0 Å². The molecular formula is C7H8ClN3OS. The molecule has 3 N–H and O–H groups in total. The highest BCUT2D eigenvalue weighted by Crippen LogP contribution is 2.25. The molecule has 1 aliphatic heterocycles. The van der Waals surface area contributed by atoms with Crippen LogP contribution in [0, 0.1) is 0 Å². The van der Waals surface area contributed by atoms with Crippen molar-refractivity contribution in [2.45, 2.75) is 6.17 Å². The maximum Gasteiger partial charge on any atom is 0.262 e. The fourth-order valence-corrected chi connectivity index (χ4v) is 1.79. The molecule has 1 aromatic heterocycles. The minimum absolute atomic E-state index is 0. The summed E-state index contributed by atoms with van der Waals surface area (Å²) < 4.78 is 0. The number of carbonyl (C=O) groups is 1. The number of thiophene rings is 1. The van der Waals surface area contributed by atoms with Crippen LogP contribution in [0.2, 0.25) is 0 Å². The van der Waals surface area contributed by atoms with Crippen LogP contribution in [-0.4, -0.2) is 18.3 Å². The SMILES string of the molecule is Cl.NC(=O)C1N=Cc2ccsc2N1. The zero-order valence-corrected chi connectivity index (χ0v) is 8.19. The van der Waals surface area contributed by atoms with E-state index in [1.165, 1.54) is 11.3 Å². The molecule has 1 amide bonds. The molecule has 2 rings (SSSR count). The summed E-state index contributed by atoms with van der Waals surface area (Å²) in [5.74, 6) is -0.453. The van der Waals surface area contributed by atoms with Crippen LogP contribution in [-0.2, 0) is 4.79 Å². The van der Waals surface area contributed by atoms with Gasteiger partial charge in [-0.2, -0.15) is 0 Å². The summed E-state index contributed by atoms with van der Waals surface area (Å²) in [5, 5.41) is 5.81.